The standard InChI is InChI=1S/C14H18N6O3/c1-9-5-18(6-11(21)22)3-4-19(9)14(23)20-8-17-12-10(2)15-7-16-13(12)20/h7-9H,3-6H2,1-2H3,(H,21,22)/t9-/m0/s1. The molecule has 0 spiro atoms. The summed E-state index contributed by atoms with van der Waals surface area (Å²) in [5.41, 5.74) is 1.82. The Bertz CT molecular complexity index is 758. The SMILES string of the molecule is Cc1ncnc2c1ncn2C(=O)N1CCN(CC(=O)O)C[C@@H]1C. The van der Waals surface area contributed by atoms with Crippen LogP contribution in [0.2, 0.25) is 0 Å². The minimum absolute atomic E-state index is 0.00715. The number of hydrogen-bond donors (Lipinski definition) is 1. The van der Waals surface area contributed by atoms with Gasteiger partial charge in [-0.1, -0.05) is 0 Å². The Morgan fingerprint density at radius 1 is 1.30 bits per heavy atom. The van der Waals surface area contributed by atoms with Gasteiger partial charge in [0.1, 0.15) is 18.2 Å². The number of carboxylic acid groups (broad SMARTS) is 1. The Morgan fingerprint density at radius 3 is 2.78 bits per heavy atom. The molecular formula is C14H18N6O3. The fraction of sp³-hybridized carbons (Fsp3) is 0.500. The van der Waals surface area contributed by atoms with Gasteiger partial charge in [0, 0.05) is 25.7 Å². The van der Waals surface area contributed by atoms with E-state index in [9.17, 15) is 9.59 Å². The molecule has 1 aliphatic rings. The number of aliphatic carboxylic acids is 1. The summed E-state index contributed by atoms with van der Waals surface area (Å²) in [5, 5.41) is 8.87. The van der Waals surface area contributed by atoms with Gasteiger partial charge in [-0.15, -0.1) is 0 Å². The van der Waals surface area contributed by atoms with E-state index in [4.69, 9.17) is 5.11 Å². The number of rotatable bonds is 2. The van der Waals surface area contributed by atoms with Crippen LogP contribution in [0.1, 0.15) is 12.6 Å². The van der Waals surface area contributed by atoms with Gasteiger partial charge in [0.05, 0.1) is 12.2 Å². The van der Waals surface area contributed by atoms with Crippen molar-refractivity contribution in [2.75, 3.05) is 26.2 Å². The van der Waals surface area contributed by atoms with E-state index in [2.05, 4.69) is 15.0 Å². The van der Waals surface area contributed by atoms with Gasteiger partial charge in [0.15, 0.2) is 5.65 Å². The highest BCUT2D eigenvalue weighted by Gasteiger charge is 2.30. The number of carbonyl (C=O) groups excluding carboxylic acids is 1. The summed E-state index contributed by atoms with van der Waals surface area (Å²) in [7, 11) is 0. The summed E-state index contributed by atoms with van der Waals surface area (Å²) in [6.45, 7) is 5.25. The van der Waals surface area contributed by atoms with Crippen LogP contribution in [0.25, 0.3) is 11.2 Å². The van der Waals surface area contributed by atoms with Crippen LogP contribution < -0.4 is 0 Å². The van der Waals surface area contributed by atoms with Gasteiger partial charge >= 0.3 is 12.0 Å². The van der Waals surface area contributed by atoms with E-state index >= 15 is 0 Å². The third-order valence-electron chi connectivity index (χ3n) is 4.04. The summed E-state index contributed by atoms with van der Waals surface area (Å²) in [6, 6.07) is -0.288. The molecule has 0 aromatic carbocycles. The third kappa shape index (κ3) is 2.87. The molecule has 1 aliphatic heterocycles. The first-order valence-corrected chi connectivity index (χ1v) is 7.37. The molecular weight excluding hydrogens is 300 g/mol. The fourth-order valence-corrected chi connectivity index (χ4v) is 2.88. The van der Waals surface area contributed by atoms with Gasteiger partial charge in [-0.3, -0.25) is 9.69 Å². The van der Waals surface area contributed by atoms with Gasteiger partial charge in [-0.2, -0.15) is 0 Å². The van der Waals surface area contributed by atoms with Crippen molar-refractivity contribution < 1.29 is 14.7 Å². The van der Waals surface area contributed by atoms with E-state index in [1.807, 2.05) is 18.7 Å². The molecule has 1 N–H and O–H groups in total. The third-order valence-corrected chi connectivity index (χ3v) is 4.04. The number of amides is 1. The first-order chi connectivity index (χ1) is 11.0. The number of piperazine rings is 1. The number of hydrogen-bond acceptors (Lipinski definition) is 6. The molecule has 1 atom stereocenters. The van der Waals surface area contributed by atoms with Crippen LogP contribution in [-0.2, 0) is 4.79 Å². The maximum absolute atomic E-state index is 12.8. The molecule has 0 aliphatic carbocycles. The van der Waals surface area contributed by atoms with Gasteiger partial charge in [-0.05, 0) is 13.8 Å². The van der Waals surface area contributed by atoms with E-state index < -0.39 is 5.97 Å². The lowest BCUT2D eigenvalue weighted by Gasteiger charge is -2.39. The number of imidazole rings is 1. The van der Waals surface area contributed by atoms with Crippen molar-refractivity contribution >= 4 is 23.2 Å². The Labute approximate surface area is 132 Å². The maximum Gasteiger partial charge on any atom is 0.331 e. The molecule has 1 fully saturated rings. The van der Waals surface area contributed by atoms with Crippen molar-refractivity contribution in [1.29, 1.82) is 0 Å². The normalized spacial score (nSPS) is 19.2. The molecule has 1 saturated heterocycles. The van der Waals surface area contributed by atoms with E-state index in [1.54, 1.807) is 4.90 Å². The first-order valence-electron chi connectivity index (χ1n) is 7.37. The van der Waals surface area contributed by atoms with Crippen molar-refractivity contribution in [3.05, 3.63) is 18.3 Å². The van der Waals surface area contributed by atoms with Crippen molar-refractivity contribution in [2.45, 2.75) is 19.9 Å². The van der Waals surface area contributed by atoms with Crippen LogP contribution in [0.5, 0.6) is 0 Å². The van der Waals surface area contributed by atoms with Gasteiger partial charge in [-0.25, -0.2) is 24.3 Å². The smallest absolute Gasteiger partial charge is 0.331 e. The molecule has 0 unspecified atom stereocenters. The zero-order valence-corrected chi connectivity index (χ0v) is 13.0. The molecule has 0 saturated carbocycles. The second-order valence-electron chi connectivity index (χ2n) is 5.70. The zero-order valence-electron chi connectivity index (χ0n) is 13.0. The molecule has 3 rings (SSSR count). The number of fused-ring (bicyclic) bond motifs is 1. The molecule has 0 bridgehead atoms. The van der Waals surface area contributed by atoms with Crippen molar-refractivity contribution in [1.82, 2.24) is 29.3 Å². The second-order valence-corrected chi connectivity index (χ2v) is 5.70. The molecule has 0 radical (unpaired) electrons. The summed E-state index contributed by atoms with van der Waals surface area (Å²) >= 11 is 0. The zero-order chi connectivity index (χ0) is 16.6. The topological polar surface area (TPSA) is 104 Å². The molecule has 2 aromatic heterocycles. The number of carbonyl (C=O) groups is 2. The number of aryl methyl sites for hydroxylation is 1. The average Bonchev–Trinajstić information content (AvgIpc) is 2.91. The largest absolute Gasteiger partial charge is 0.480 e. The van der Waals surface area contributed by atoms with Crippen molar-refractivity contribution in [3.8, 4) is 0 Å². The molecule has 9 heteroatoms. The van der Waals surface area contributed by atoms with Crippen LogP contribution in [0.4, 0.5) is 4.79 Å². The predicted octanol–water partition coefficient (Wildman–Crippen LogP) is 0.194. The Kier molecular flexibility index (Phi) is 3.95. The quantitative estimate of drug-likeness (QED) is 0.843. The van der Waals surface area contributed by atoms with Crippen LogP contribution in [-0.4, -0.2) is 78.6 Å². The van der Waals surface area contributed by atoms with Crippen LogP contribution >= 0.6 is 0 Å². The van der Waals surface area contributed by atoms with Gasteiger partial charge < -0.3 is 10.0 Å². The number of aromatic nitrogens is 4. The Hall–Kier alpha value is -2.55. The Morgan fingerprint density at radius 2 is 2.09 bits per heavy atom. The monoisotopic (exact) mass is 318 g/mol. The maximum atomic E-state index is 12.8. The molecule has 9 nitrogen and oxygen atoms in total. The second kappa shape index (κ2) is 5.92. The molecule has 3 heterocycles. The fourth-order valence-electron chi connectivity index (χ4n) is 2.88. The summed E-state index contributed by atoms with van der Waals surface area (Å²) in [5.74, 6) is -0.857. The van der Waals surface area contributed by atoms with Gasteiger partial charge in [0.25, 0.3) is 0 Å². The van der Waals surface area contributed by atoms with E-state index in [1.165, 1.54) is 17.2 Å². The minimum atomic E-state index is -0.857. The lowest BCUT2D eigenvalue weighted by atomic mass is 10.2. The summed E-state index contributed by atoms with van der Waals surface area (Å²) in [4.78, 5) is 39.6. The summed E-state index contributed by atoms with van der Waals surface area (Å²) in [6.07, 6.45) is 2.88. The van der Waals surface area contributed by atoms with Crippen molar-refractivity contribution in [3.63, 3.8) is 0 Å². The summed E-state index contributed by atoms with van der Waals surface area (Å²) < 4.78 is 1.42. The molecule has 122 valence electrons. The lowest BCUT2D eigenvalue weighted by molar-refractivity contribution is -0.138. The van der Waals surface area contributed by atoms with Crippen LogP contribution in [0.3, 0.4) is 0 Å². The highest BCUT2D eigenvalue weighted by atomic mass is 16.4. The lowest BCUT2D eigenvalue weighted by Crippen LogP contribution is -2.55. The molecule has 23 heavy (non-hydrogen) atoms. The minimum Gasteiger partial charge on any atom is -0.480 e. The van der Waals surface area contributed by atoms with Crippen LogP contribution in [0.15, 0.2) is 12.7 Å². The number of nitrogens with zero attached hydrogens (tertiary/aromatic N) is 6. The van der Waals surface area contributed by atoms with Crippen molar-refractivity contribution in [2.24, 2.45) is 0 Å². The molecule has 1 amide bonds. The number of carboxylic acids is 1. The predicted molar refractivity (Wildman–Crippen MR) is 81.1 cm³/mol. The highest BCUT2D eigenvalue weighted by Crippen LogP contribution is 2.16. The van der Waals surface area contributed by atoms with Gasteiger partial charge in [0.2, 0.25) is 0 Å². The average molecular weight is 318 g/mol. The first kappa shape index (κ1) is 15.3. The van der Waals surface area contributed by atoms with E-state index in [0.717, 1.165) is 5.69 Å². The van der Waals surface area contributed by atoms with E-state index in [-0.39, 0.29) is 18.6 Å². The van der Waals surface area contributed by atoms with E-state index in [0.29, 0.717) is 30.8 Å². The Balaban J connectivity index is 1.80. The highest BCUT2D eigenvalue weighted by molar-refractivity contribution is 5.87. The van der Waals surface area contributed by atoms with Crippen LogP contribution in [0, 0.1) is 6.92 Å². The molecule has 2 aromatic rings.